The molecule has 0 saturated carbocycles. The Balaban J connectivity index is 2.83. The lowest BCUT2D eigenvalue weighted by Gasteiger charge is -2.28. The second kappa shape index (κ2) is 6.72. The number of rotatable bonds is 6. The van der Waals surface area contributed by atoms with E-state index >= 15 is 0 Å². The van der Waals surface area contributed by atoms with Crippen LogP contribution in [0.15, 0.2) is 12.5 Å². The first-order valence-electron chi connectivity index (χ1n) is 7.01. The fourth-order valence-electron chi connectivity index (χ4n) is 1.95. The van der Waals surface area contributed by atoms with Crippen molar-refractivity contribution < 1.29 is 0 Å². The molecule has 1 aromatic rings. The molecule has 0 aliphatic rings. The Morgan fingerprint density at radius 2 is 1.89 bits per heavy atom. The smallest absolute Gasteiger partial charge is 0.135 e. The monoisotopic (exact) mass is 249 g/mol. The maximum absolute atomic E-state index is 4.48. The predicted molar refractivity (Wildman–Crippen MR) is 78.0 cm³/mol. The number of anilines is 1. The normalized spacial score (nSPS) is 11.6. The molecule has 0 atom stereocenters. The molecular formula is C15H27N3. The van der Waals surface area contributed by atoms with Crippen LogP contribution in [0.1, 0.15) is 53.0 Å². The largest absolute Gasteiger partial charge is 0.356 e. The van der Waals surface area contributed by atoms with E-state index in [2.05, 4.69) is 49.5 Å². The summed E-state index contributed by atoms with van der Waals surface area (Å²) in [6, 6.07) is 0. The molecule has 0 saturated heterocycles. The Hall–Kier alpha value is -1.12. The second-order valence-corrected chi connectivity index (χ2v) is 6.02. The van der Waals surface area contributed by atoms with Gasteiger partial charge in [0.05, 0.1) is 0 Å². The summed E-state index contributed by atoms with van der Waals surface area (Å²) in [6.07, 6.45) is 6.93. The fraction of sp³-hybridized carbons (Fsp3) is 0.733. The van der Waals surface area contributed by atoms with Gasteiger partial charge in [-0.2, -0.15) is 0 Å². The molecule has 0 fully saturated rings. The Bertz CT molecular complexity index is 355. The van der Waals surface area contributed by atoms with Crippen molar-refractivity contribution in [3.8, 4) is 0 Å². The van der Waals surface area contributed by atoms with Gasteiger partial charge in [-0.25, -0.2) is 9.97 Å². The minimum atomic E-state index is 0.366. The molecule has 0 bridgehead atoms. The first kappa shape index (κ1) is 14.9. The molecule has 0 radical (unpaired) electrons. The molecule has 0 aliphatic heterocycles. The van der Waals surface area contributed by atoms with Crippen molar-refractivity contribution in [2.45, 2.75) is 53.9 Å². The lowest BCUT2D eigenvalue weighted by atomic mass is 9.92. The summed E-state index contributed by atoms with van der Waals surface area (Å²) in [7, 11) is 0. The first-order chi connectivity index (χ1) is 8.48. The molecule has 1 heterocycles. The van der Waals surface area contributed by atoms with Crippen LogP contribution in [0.4, 0.5) is 5.82 Å². The number of hydrogen-bond donors (Lipinski definition) is 0. The van der Waals surface area contributed by atoms with Gasteiger partial charge in [-0.3, -0.25) is 0 Å². The highest BCUT2D eigenvalue weighted by Gasteiger charge is 2.16. The third-order valence-corrected chi connectivity index (χ3v) is 3.07. The van der Waals surface area contributed by atoms with Crippen LogP contribution in [0.3, 0.4) is 0 Å². The Labute approximate surface area is 112 Å². The zero-order valence-electron chi connectivity index (χ0n) is 12.5. The van der Waals surface area contributed by atoms with E-state index in [0.29, 0.717) is 5.41 Å². The Morgan fingerprint density at radius 1 is 1.17 bits per heavy atom. The summed E-state index contributed by atoms with van der Waals surface area (Å²) >= 11 is 0. The number of aromatic nitrogens is 2. The topological polar surface area (TPSA) is 29.0 Å². The lowest BCUT2D eigenvalue weighted by molar-refractivity contribution is 0.378. The van der Waals surface area contributed by atoms with Gasteiger partial charge in [0.25, 0.3) is 0 Å². The van der Waals surface area contributed by atoms with Crippen molar-refractivity contribution >= 4 is 5.82 Å². The zero-order chi connectivity index (χ0) is 13.6. The van der Waals surface area contributed by atoms with E-state index in [9.17, 15) is 0 Å². The SMILES string of the molecule is CCCN(CCC(C)(C)C)c1ncncc1CC. The fourth-order valence-corrected chi connectivity index (χ4v) is 1.95. The van der Waals surface area contributed by atoms with Crippen molar-refractivity contribution in [2.24, 2.45) is 5.41 Å². The van der Waals surface area contributed by atoms with Crippen LogP contribution >= 0.6 is 0 Å². The first-order valence-corrected chi connectivity index (χ1v) is 7.01. The van der Waals surface area contributed by atoms with Crippen molar-refractivity contribution in [1.29, 1.82) is 0 Å². The second-order valence-electron chi connectivity index (χ2n) is 6.02. The van der Waals surface area contributed by atoms with Crippen LogP contribution in [0.2, 0.25) is 0 Å². The predicted octanol–water partition coefficient (Wildman–Crippen LogP) is 3.69. The van der Waals surface area contributed by atoms with Crippen LogP contribution in [0.5, 0.6) is 0 Å². The van der Waals surface area contributed by atoms with Gasteiger partial charge in [0.1, 0.15) is 12.1 Å². The zero-order valence-corrected chi connectivity index (χ0v) is 12.5. The molecule has 1 aromatic heterocycles. The molecule has 18 heavy (non-hydrogen) atoms. The minimum absolute atomic E-state index is 0.366. The van der Waals surface area contributed by atoms with E-state index < -0.39 is 0 Å². The summed E-state index contributed by atoms with van der Waals surface area (Å²) in [5, 5.41) is 0. The minimum Gasteiger partial charge on any atom is -0.356 e. The molecule has 0 amide bonds. The van der Waals surface area contributed by atoms with Crippen molar-refractivity contribution in [3.05, 3.63) is 18.1 Å². The molecular weight excluding hydrogens is 222 g/mol. The highest BCUT2D eigenvalue weighted by atomic mass is 15.2. The van der Waals surface area contributed by atoms with E-state index in [-0.39, 0.29) is 0 Å². The summed E-state index contributed by atoms with van der Waals surface area (Å²) in [4.78, 5) is 11.0. The Morgan fingerprint density at radius 3 is 2.44 bits per heavy atom. The highest BCUT2D eigenvalue weighted by Crippen LogP contribution is 2.23. The molecule has 3 heteroatoms. The molecule has 0 unspecified atom stereocenters. The summed E-state index contributed by atoms with van der Waals surface area (Å²) in [5.41, 5.74) is 1.62. The van der Waals surface area contributed by atoms with Gasteiger partial charge >= 0.3 is 0 Å². The average Bonchev–Trinajstić information content (AvgIpc) is 2.33. The molecule has 0 N–H and O–H groups in total. The molecule has 0 spiro atoms. The van der Waals surface area contributed by atoms with Crippen LogP contribution in [0, 0.1) is 5.41 Å². The quantitative estimate of drug-likeness (QED) is 0.770. The van der Waals surface area contributed by atoms with Gasteiger partial charge < -0.3 is 4.90 Å². The summed E-state index contributed by atoms with van der Waals surface area (Å²) < 4.78 is 0. The van der Waals surface area contributed by atoms with E-state index in [1.165, 1.54) is 12.0 Å². The van der Waals surface area contributed by atoms with Gasteiger partial charge in [-0.05, 0) is 24.7 Å². The van der Waals surface area contributed by atoms with Gasteiger partial charge in [-0.1, -0.05) is 34.6 Å². The van der Waals surface area contributed by atoms with Crippen molar-refractivity contribution in [3.63, 3.8) is 0 Å². The maximum Gasteiger partial charge on any atom is 0.135 e. The molecule has 102 valence electrons. The molecule has 0 aromatic carbocycles. The Kier molecular flexibility index (Phi) is 5.57. The summed E-state index contributed by atoms with van der Waals surface area (Å²) in [5.74, 6) is 1.12. The van der Waals surface area contributed by atoms with Gasteiger partial charge in [-0.15, -0.1) is 0 Å². The molecule has 1 rings (SSSR count). The third-order valence-electron chi connectivity index (χ3n) is 3.07. The maximum atomic E-state index is 4.48. The van der Waals surface area contributed by atoms with Crippen LogP contribution in [-0.2, 0) is 6.42 Å². The van der Waals surface area contributed by atoms with Crippen LogP contribution < -0.4 is 4.90 Å². The summed E-state index contributed by atoms with van der Waals surface area (Å²) in [6.45, 7) is 13.4. The van der Waals surface area contributed by atoms with Crippen molar-refractivity contribution in [2.75, 3.05) is 18.0 Å². The molecule has 3 nitrogen and oxygen atoms in total. The van der Waals surface area contributed by atoms with E-state index in [1.807, 2.05) is 6.20 Å². The highest BCUT2D eigenvalue weighted by molar-refractivity contribution is 5.45. The van der Waals surface area contributed by atoms with Gasteiger partial charge in [0.2, 0.25) is 0 Å². The number of nitrogens with zero attached hydrogens (tertiary/aromatic N) is 3. The lowest BCUT2D eigenvalue weighted by Crippen LogP contribution is -2.30. The van der Waals surface area contributed by atoms with Gasteiger partial charge in [0.15, 0.2) is 0 Å². The van der Waals surface area contributed by atoms with E-state index in [4.69, 9.17) is 0 Å². The van der Waals surface area contributed by atoms with Crippen LogP contribution in [0.25, 0.3) is 0 Å². The van der Waals surface area contributed by atoms with E-state index in [1.54, 1.807) is 6.33 Å². The van der Waals surface area contributed by atoms with E-state index in [0.717, 1.165) is 31.7 Å². The number of hydrogen-bond acceptors (Lipinski definition) is 3. The average molecular weight is 249 g/mol. The van der Waals surface area contributed by atoms with Gasteiger partial charge in [0, 0.05) is 24.8 Å². The number of aryl methyl sites for hydroxylation is 1. The van der Waals surface area contributed by atoms with Crippen LogP contribution in [-0.4, -0.2) is 23.1 Å². The third kappa shape index (κ3) is 4.63. The van der Waals surface area contributed by atoms with Crippen molar-refractivity contribution in [1.82, 2.24) is 9.97 Å². The standard InChI is InChI=1S/C15H27N3/c1-6-9-18(10-8-15(3,4)5)14-13(7-2)11-16-12-17-14/h11-12H,6-10H2,1-5H3. The molecule has 0 aliphatic carbocycles.